The van der Waals surface area contributed by atoms with Crippen molar-refractivity contribution < 1.29 is 29.3 Å². The molecule has 33 heavy (non-hydrogen) atoms. The third-order valence-corrected chi connectivity index (χ3v) is 6.52. The Morgan fingerprint density at radius 1 is 1.00 bits per heavy atom. The number of hydrogen-bond donors (Lipinski definition) is 4. The normalized spacial score (nSPS) is 16.6. The van der Waals surface area contributed by atoms with Crippen LogP contribution in [0.5, 0.6) is 0 Å². The largest absolute Gasteiger partial charge is 0.479 e. The Morgan fingerprint density at radius 2 is 1.61 bits per heavy atom. The van der Waals surface area contributed by atoms with Gasteiger partial charge in [-0.2, -0.15) is 0 Å². The fraction of sp³-hybridized carbons (Fsp3) is 0.400. The summed E-state index contributed by atoms with van der Waals surface area (Å²) in [4.78, 5) is 36.0. The van der Waals surface area contributed by atoms with E-state index in [1.807, 2.05) is 36.4 Å². The number of carboxylic acid groups (broad SMARTS) is 1. The zero-order valence-corrected chi connectivity index (χ0v) is 18.2. The molecule has 1 fully saturated rings. The summed E-state index contributed by atoms with van der Waals surface area (Å²) in [6.45, 7) is 0.158. The molecule has 2 aromatic carbocycles. The highest BCUT2D eigenvalue weighted by molar-refractivity contribution is 5.86. The van der Waals surface area contributed by atoms with Crippen molar-refractivity contribution in [3.05, 3.63) is 59.7 Å². The Kier molecular flexibility index (Phi) is 6.93. The van der Waals surface area contributed by atoms with Crippen LogP contribution >= 0.6 is 0 Å². The number of hydrogen-bond acceptors (Lipinski definition) is 5. The number of carboxylic acids is 1. The zero-order valence-electron chi connectivity index (χ0n) is 18.2. The topological polar surface area (TPSA) is 125 Å². The molecule has 1 saturated carbocycles. The molecule has 8 heteroatoms. The number of carbonyl (C=O) groups is 3. The van der Waals surface area contributed by atoms with Crippen molar-refractivity contribution in [1.29, 1.82) is 0 Å². The number of amides is 2. The third-order valence-electron chi connectivity index (χ3n) is 6.52. The second-order valence-corrected chi connectivity index (χ2v) is 8.57. The van der Waals surface area contributed by atoms with Gasteiger partial charge in [-0.25, -0.2) is 9.59 Å². The first-order valence-electron chi connectivity index (χ1n) is 11.3. The smallest absolute Gasteiger partial charge is 0.407 e. The van der Waals surface area contributed by atoms with Crippen molar-refractivity contribution in [3.63, 3.8) is 0 Å². The van der Waals surface area contributed by atoms with E-state index in [-0.39, 0.29) is 31.4 Å². The van der Waals surface area contributed by atoms with Crippen molar-refractivity contribution >= 4 is 18.0 Å². The molecule has 2 amide bonds. The maximum atomic E-state index is 12.6. The summed E-state index contributed by atoms with van der Waals surface area (Å²) in [6.07, 6.45) is 0.318. The van der Waals surface area contributed by atoms with Gasteiger partial charge in [0.15, 0.2) is 6.10 Å². The van der Waals surface area contributed by atoms with E-state index in [9.17, 15) is 19.5 Å². The molecule has 0 aliphatic heterocycles. The van der Waals surface area contributed by atoms with Gasteiger partial charge >= 0.3 is 12.1 Å². The number of aliphatic carboxylic acids is 1. The zero-order chi connectivity index (χ0) is 23.4. The number of carbonyl (C=O) groups excluding carboxylic acids is 2. The van der Waals surface area contributed by atoms with Crippen molar-refractivity contribution in [2.24, 2.45) is 5.92 Å². The average molecular weight is 453 g/mol. The Labute approximate surface area is 192 Å². The molecule has 8 nitrogen and oxygen atoms in total. The van der Waals surface area contributed by atoms with E-state index < -0.39 is 30.1 Å². The molecule has 1 unspecified atom stereocenters. The predicted molar refractivity (Wildman–Crippen MR) is 121 cm³/mol. The van der Waals surface area contributed by atoms with Gasteiger partial charge in [0.05, 0.1) is 0 Å². The van der Waals surface area contributed by atoms with Crippen molar-refractivity contribution in [3.8, 4) is 11.1 Å². The monoisotopic (exact) mass is 452 g/mol. The Balaban J connectivity index is 1.35. The number of nitrogens with one attached hydrogen (secondary N) is 2. The van der Waals surface area contributed by atoms with Crippen molar-refractivity contribution in [1.82, 2.24) is 10.6 Å². The number of benzene rings is 2. The molecule has 2 aromatic rings. The van der Waals surface area contributed by atoms with Crippen LogP contribution < -0.4 is 10.6 Å². The van der Waals surface area contributed by atoms with Gasteiger partial charge in [-0.3, -0.25) is 4.79 Å². The standard InChI is InChI=1S/C25H28N2O6/c28-21(24(30)31)12-13-26-23(29)22(15-6-5-7-15)27-25(32)33-14-20-18-10-3-1-8-16(18)17-9-2-4-11-19(17)20/h1-4,8-11,15,20-22,28H,5-7,12-14H2,(H,26,29)(H,27,32)(H,30,31)/t21-,22?/m0/s1. The van der Waals surface area contributed by atoms with E-state index in [1.54, 1.807) is 0 Å². The number of rotatable bonds is 9. The highest BCUT2D eigenvalue weighted by Gasteiger charge is 2.35. The summed E-state index contributed by atoms with van der Waals surface area (Å²) in [5.41, 5.74) is 4.49. The molecule has 2 aliphatic carbocycles. The minimum Gasteiger partial charge on any atom is -0.479 e. The highest BCUT2D eigenvalue weighted by Crippen LogP contribution is 2.44. The molecule has 0 spiro atoms. The van der Waals surface area contributed by atoms with Gasteiger partial charge in [0, 0.05) is 18.9 Å². The fourth-order valence-electron chi connectivity index (χ4n) is 4.50. The van der Waals surface area contributed by atoms with E-state index >= 15 is 0 Å². The van der Waals surface area contributed by atoms with Crippen molar-refractivity contribution in [2.75, 3.05) is 13.2 Å². The quantitative estimate of drug-likeness (QED) is 0.464. The fourth-order valence-corrected chi connectivity index (χ4v) is 4.50. The number of fused-ring (bicyclic) bond motifs is 3. The lowest BCUT2D eigenvalue weighted by atomic mass is 9.79. The second kappa shape index (κ2) is 10.0. The van der Waals surface area contributed by atoms with E-state index in [0.717, 1.165) is 41.5 Å². The van der Waals surface area contributed by atoms with Crippen LogP contribution in [0, 0.1) is 5.92 Å². The lowest BCUT2D eigenvalue weighted by Crippen LogP contribution is -2.53. The van der Waals surface area contributed by atoms with E-state index in [2.05, 4.69) is 22.8 Å². The molecule has 4 N–H and O–H groups in total. The second-order valence-electron chi connectivity index (χ2n) is 8.57. The maximum absolute atomic E-state index is 12.6. The molecule has 0 heterocycles. The summed E-state index contributed by atoms with van der Waals surface area (Å²) in [6, 6.07) is 15.4. The molecule has 2 aliphatic rings. The van der Waals surface area contributed by atoms with Gasteiger partial charge in [0.25, 0.3) is 0 Å². The molecule has 174 valence electrons. The van der Waals surface area contributed by atoms with Crippen LogP contribution in [-0.2, 0) is 14.3 Å². The molecule has 0 radical (unpaired) electrons. The van der Waals surface area contributed by atoms with Crippen LogP contribution in [0.15, 0.2) is 48.5 Å². The molecular formula is C25H28N2O6. The molecule has 0 saturated heterocycles. The first-order valence-corrected chi connectivity index (χ1v) is 11.3. The predicted octanol–water partition coefficient (Wildman–Crippen LogP) is 2.65. The summed E-state index contributed by atoms with van der Waals surface area (Å²) in [7, 11) is 0. The molecule has 0 aromatic heterocycles. The summed E-state index contributed by atoms with van der Waals surface area (Å²) < 4.78 is 5.57. The summed E-state index contributed by atoms with van der Waals surface area (Å²) >= 11 is 0. The molecular weight excluding hydrogens is 424 g/mol. The maximum Gasteiger partial charge on any atom is 0.407 e. The Hall–Kier alpha value is -3.39. The first-order chi connectivity index (χ1) is 16.0. The lowest BCUT2D eigenvalue weighted by Gasteiger charge is -2.33. The minimum absolute atomic E-state index is 0.00187. The highest BCUT2D eigenvalue weighted by atomic mass is 16.5. The summed E-state index contributed by atoms with van der Waals surface area (Å²) in [5, 5.41) is 23.4. The SMILES string of the molecule is O=C(NC(C(=O)NCC[C@H](O)C(=O)O)C1CCC1)OCC1c2ccccc2-c2ccccc21. The summed E-state index contributed by atoms with van der Waals surface area (Å²) in [5.74, 6) is -1.80. The van der Waals surface area contributed by atoms with Crippen LogP contribution in [0.25, 0.3) is 11.1 Å². The van der Waals surface area contributed by atoms with Gasteiger partial charge < -0.3 is 25.6 Å². The molecule has 4 rings (SSSR count). The Morgan fingerprint density at radius 3 is 2.15 bits per heavy atom. The van der Waals surface area contributed by atoms with Gasteiger partial charge in [-0.15, -0.1) is 0 Å². The van der Waals surface area contributed by atoms with E-state index in [4.69, 9.17) is 9.84 Å². The average Bonchev–Trinajstić information content (AvgIpc) is 3.09. The van der Waals surface area contributed by atoms with Gasteiger partial charge in [0.2, 0.25) is 5.91 Å². The van der Waals surface area contributed by atoms with Crippen molar-refractivity contribution in [2.45, 2.75) is 43.7 Å². The molecule has 0 bridgehead atoms. The number of aliphatic hydroxyl groups excluding tert-OH is 1. The Bertz CT molecular complexity index is 990. The van der Waals surface area contributed by atoms with Gasteiger partial charge in [0.1, 0.15) is 12.6 Å². The first kappa shape index (κ1) is 22.8. The van der Waals surface area contributed by atoms with E-state index in [0.29, 0.717) is 0 Å². The minimum atomic E-state index is -1.54. The number of aliphatic hydroxyl groups is 1. The van der Waals surface area contributed by atoms with Gasteiger partial charge in [-0.1, -0.05) is 55.0 Å². The van der Waals surface area contributed by atoms with Crippen LogP contribution in [-0.4, -0.2) is 53.5 Å². The molecule has 2 atom stereocenters. The van der Waals surface area contributed by atoms with E-state index in [1.165, 1.54) is 0 Å². The number of ether oxygens (including phenoxy) is 1. The van der Waals surface area contributed by atoms with Crippen LogP contribution in [0.2, 0.25) is 0 Å². The van der Waals surface area contributed by atoms with Crippen LogP contribution in [0.4, 0.5) is 4.79 Å². The van der Waals surface area contributed by atoms with Gasteiger partial charge in [-0.05, 0) is 41.0 Å². The van der Waals surface area contributed by atoms with Crippen LogP contribution in [0.3, 0.4) is 0 Å². The van der Waals surface area contributed by atoms with Crippen LogP contribution in [0.1, 0.15) is 42.7 Å². The number of alkyl carbamates (subject to hydrolysis) is 1. The lowest BCUT2D eigenvalue weighted by molar-refractivity contribution is -0.147. The third kappa shape index (κ3) is 5.01.